The Labute approximate surface area is 194 Å². The summed E-state index contributed by atoms with van der Waals surface area (Å²) < 4.78 is 23.6. The Morgan fingerprint density at radius 1 is 0.613 bits per heavy atom. The summed E-state index contributed by atoms with van der Waals surface area (Å²) in [5, 5.41) is 0. The highest BCUT2D eigenvalue weighted by Crippen LogP contribution is 2.59. The molecule has 0 aliphatic carbocycles. The van der Waals surface area contributed by atoms with Gasteiger partial charge in [-0.1, -0.05) is 0 Å². The summed E-state index contributed by atoms with van der Waals surface area (Å²) in [6.07, 6.45) is 4.41. The third-order valence-electron chi connectivity index (χ3n) is 5.60. The topological polar surface area (TPSA) is 36.9 Å². The maximum Gasteiger partial charge on any atom is 0.162 e. The Kier molecular flexibility index (Phi) is 7.17. The molecule has 0 saturated carbocycles. The molecule has 2 aromatic carbocycles. The minimum Gasteiger partial charge on any atom is -0.490 e. The number of ether oxygens (including phenoxy) is 4. The lowest BCUT2D eigenvalue weighted by Crippen LogP contribution is -2.28. The van der Waals surface area contributed by atoms with Crippen LogP contribution in [-0.2, 0) is 12.8 Å². The van der Waals surface area contributed by atoms with Crippen LogP contribution in [0.2, 0.25) is 0 Å². The van der Waals surface area contributed by atoms with Crippen LogP contribution in [0.1, 0.15) is 51.7 Å². The normalized spacial score (nSPS) is 16.4. The number of hydrogen-bond acceptors (Lipinski definition) is 6. The van der Waals surface area contributed by atoms with Crippen LogP contribution < -0.4 is 18.9 Å². The lowest BCUT2D eigenvalue weighted by atomic mass is 10.00. The molecule has 4 nitrogen and oxygen atoms in total. The van der Waals surface area contributed by atoms with Crippen molar-refractivity contribution in [1.29, 1.82) is 0 Å². The van der Waals surface area contributed by atoms with Crippen LogP contribution in [0.15, 0.2) is 34.1 Å². The summed E-state index contributed by atoms with van der Waals surface area (Å²) in [7, 11) is 0. The quantitative estimate of drug-likeness (QED) is 0.433. The molecule has 1 spiro atoms. The molecule has 0 amide bonds. The van der Waals surface area contributed by atoms with Crippen molar-refractivity contribution in [1.82, 2.24) is 0 Å². The second-order valence-electron chi connectivity index (χ2n) is 7.66. The van der Waals surface area contributed by atoms with E-state index in [-0.39, 0.29) is 4.08 Å². The number of benzene rings is 2. The van der Waals surface area contributed by atoms with Gasteiger partial charge in [-0.15, -0.1) is 23.5 Å². The molecule has 2 aliphatic heterocycles. The molecule has 0 bridgehead atoms. The third-order valence-corrected chi connectivity index (χ3v) is 8.86. The lowest BCUT2D eigenvalue weighted by molar-refractivity contribution is 0.286. The molecule has 0 radical (unpaired) electrons. The van der Waals surface area contributed by atoms with E-state index in [1.165, 1.54) is 20.9 Å². The third kappa shape index (κ3) is 4.75. The predicted molar refractivity (Wildman–Crippen MR) is 129 cm³/mol. The van der Waals surface area contributed by atoms with Gasteiger partial charge in [0, 0.05) is 9.79 Å². The largest absolute Gasteiger partial charge is 0.490 e. The van der Waals surface area contributed by atoms with E-state index in [2.05, 4.69) is 24.3 Å². The Morgan fingerprint density at radius 2 is 0.968 bits per heavy atom. The van der Waals surface area contributed by atoms with Crippen LogP contribution in [0.25, 0.3) is 0 Å². The van der Waals surface area contributed by atoms with Crippen molar-refractivity contribution < 1.29 is 18.9 Å². The fourth-order valence-electron chi connectivity index (χ4n) is 4.22. The van der Waals surface area contributed by atoms with Crippen molar-refractivity contribution in [3.05, 3.63) is 35.4 Å². The lowest BCUT2D eigenvalue weighted by Gasteiger charge is -2.40. The van der Waals surface area contributed by atoms with Crippen LogP contribution in [0, 0.1) is 0 Å². The van der Waals surface area contributed by atoms with Crippen LogP contribution in [0.5, 0.6) is 23.0 Å². The fraction of sp³-hybridized carbons (Fsp3) is 0.520. The van der Waals surface area contributed by atoms with Crippen LogP contribution in [-0.4, -0.2) is 30.5 Å². The first-order valence-electron chi connectivity index (χ1n) is 11.3. The van der Waals surface area contributed by atoms with Crippen LogP contribution >= 0.6 is 23.5 Å². The second kappa shape index (κ2) is 9.86. The van der Waals surface area contributed by atoms with Gasteiger partial charge in [-0.3, -0.25) is 0 Å². The molecule has 0 aromatic heterocycles. The number of hydrogen-bond donors (Lipinski definition) is 0. The Balaban J connectivity index is 1.62. The minimum absolute atomic E-state index is 0.146. The monoisotopic (exact) mass is 460 g/mol. The van der Waals surface area contributed by atoms with Crippen molar-refractivity contribution in [2.45, 2.75) is 67.2 Å². The summed E-state index contributed by atoms with van der Waals surface area (Å²) >= 11 is 4.00. The molecule has 0 saturated heterocycles. The molecule has 6 heteroatoms. The second-order valence-corrected chi connectivity index (χ2v) is 10.8. The molecule has 2 aliphatic rings. The van der Waals surface area contributed by atoms with E-state index in [4.69, 9.17) is 18.9 Å². The molecule has 0 N–H and O–H groups in total. The first-order chi connectivity index (χ1) is 15.1. The number of fused-ring (bicyclic) bond motifs is 2. The van der Waals surface area contributed by atoms with Gasteiger partial charge in [-0.2, -0.15) is 0 Å². The van der Waals surface area contributed by atoms with E-state index in [1.807, 2.05) is 51.2 Å². The zero-order valence-corrected chi connectivity index (χ0v) is 20.5. The van der Waals surface area contributed by atoms with Crippen molar-refractivity contribution >= 4 is 23.5 Å². The van der Waals surface area contributed by atoms with E-state index < -0.39 is 0 Å². The summed E-state index contributed by atoms with van der Waals surface area (Å²) in [6, 6.07) is 8.75. The van der Waals surface area contributed by atoms with Gasteiger partial charge < -0.3 is 18.9 Å². The average Bonchev–Trinajstić information content (AvgIpc) is 2.76. The van der Waals surface area contributed by atoms with Gasteiger partial charge in [-0.25, -0.2) is 0 Å². The van der Waals surface area contributed by atoms with Gasteiger partial charge in [0.25, 0.3) is 0 Å². The number of aryl methyl sites for hydroxylation is 2. The zero-order chi connectivity index (χ0) is 21.8. The SMILES string of the molecule is CCOc1cc2c(cc1OCC)SC1(CC2)CCc2cc(OCC)c(OCC)cc2S1. The maximum atomic E-state index is 5.89. The van der Waals surface area contributed by atoms with E-state index >= 15 is 0 Å². The van der Waals surface area contributed by atoms with Crippen molar-refractivity contribution in [3.8, 4) is 23.0 Å². The van der Waals surface area contributed by atoms with Crippen molar-refractivity contribution in [2.75, 3.05) is 26.4 Å². The zero-order valence-electron chi connectivity index (χ0n) is 18.9. The van der Waals surface area contributed by atoms with Gasteiger partial charge in [0.2, 0.25) is 0 Å². The van der Waals surface area contributed by atoms with Gasteiger partial charge in [0.1, 0.15) is 0 Å². The van der Waals surface area contributed by atoms with Crippen molar-refractivity contribution in [3.63, 3.8) is 0 Å². The van der Waals surface area contributed by atoms with E-state index in [0.29, 0.717) is 26.4 Å². The van der Waals surface area contributed by atoms with E-state index in [1.54, 1.807) is 0 Å². The summed E-state index contributed by atoms with van der Waals surface area (Å²) in [4.78, 5) is 2.65. The average molecular weight is 461 g/mol. The molecular weight excluding hydrogens is 428 g/mol. The van der Waals surface area contributed by atoms with E-state index in [0.717, 1.165) is 48.7 Å². The van der Waals surface area contributed by atoms with Crippen LogP contribution in [0.3, 0.4) is 0 Å². The van der Waals surface area contributed by atoms with Crippen LogP contribution in [0.4, 0.5) is 0 Å². The van der Waals surface area contributed by atoms with Gasteiger partial charge in [-0.05, 0) is 88.8 Å². The fourth-order valence-corrected chi connectivity index (χ4v) is 7.46. The molecule has 0 unspecified atom stereocenters. The number of rotatable bonds is 8. The molecule has 31 heavy (non-hydrogen) atoms. The highest BCUT2D eigenvalue weighted by atomic mass is 32.2. The number of thioether (sulfide) groups is 2. The molecule has 2 heterocycles. The predicted octanol–water partition coefficient (Wildman–Crippen LogP) is 6.75. The summed E-state index contributed by atoms with van der Waals surface area (Å²) in [5.41, 5.74) is 2.74. The molecular formula is C25H32O4S2. The van der Waals surface area contributed by atoms with Crippen molar-refractivity contribution in [2.24, 2.45) is 0 Å². The first-order valence-corrected chi connectivity index (χ1v) is 13.0. The summed E-state index contributed by atoms with van der Waals surface area (Å²) in [6.45, 7) is 10.6. The molecule has 168 valence electrons. The Bertz CT molecular complexity index is 853. The Hall–Kier alpha value is -1.66. The minimum atomic E-state index is 0.146. The van der Waals surface area contributed by atoms with Gasteiger partial charge >= 0.3 is 0 Å². The highest BCUT2D eigenvalue weighted by molar-refractivity contribution is 8.18. The Morgan fingerprint density at radius 3 is 1.32 bits per heavy atom. The maximum absolute atomic E-state index is 5.89. The molecule has 0 fully saturated rings. The standard InChI is InChI=1S/C25H32O4S2/c1-5-26-19-13-17-9-11-25(30-23(17)15-21(19)28-7-3)12-10-18-14-20(27-6-2)22(29-8-4)16-24(18)31-25/h13-16H,5-12H2,1-4H3. The summed E-state index contributed by atoms with van der Waals surface area (Å²) in [5.74, 6) is 3.44. The smallest absolute Gasteiger partial charge is 0.162 e. The first kappa shape index (κ1) is 22.5. The van der Waals surface area contributed by atoms with Gasteiger partial charge in [0.15, 0.2) is 23.0 Å². The highest BCUT2D eigenvalue weighted by Gasteiger charge is 2.40. The molecule has 4 rings (SSSR count). The molecule has 2 aromatic rings. The molecule has 0 atom stereocenters. The van der Waals surface area contributed by atoms with E-state index in [9.17, 15) is 0 Å². The van der Waals surface area contributed by atoms with Gasteiger partial charge in [0.05, 0.1) is 30.5 Å².